The molecule has 0 radical (unpaired) electrons. The number of carboxylic acids is 1. The van der Waals surface area contributed by atoms with E-state index in [4.69, 9.17) is 0 Å². The van der Waals surface area contributed by atoms with Crippen LogP contribution in [0.3, 0.4) is 0 Å². The SMILES string of the molecule is CC(C)(C)C1CCCCC1N1CCCC(C(=O)O)C1. The highest BCUT2D eigenvalue weighted by Gasteiger charge is 2.39. The van der Waals surface area contributed by atoms with Crippen LogP contribution in [0, 0.1) is 17.3 Å². The van der Waals surface area contributed by atoms with Crippen molar-refractivity contribution in [3.8, 4) is 0 Å². The summed E-state index contributed by atoms with van der Waals surface area (Å²) in [5.74, 6) is -0.0297. The van der Waals surface area contributed by atoms with E-state index in [0.717, 1.165) is 25.9 Å². The molecule has 3 unspecified atom stereocenters. The minimum atomic E-state index is -0.604. The summed E-state index contributed by atoms with van der Waals surface area (Å²) in [4.78, 5) is 13.7. The van der Waals surface area contributed by atoms with Crippen LogP contribution in [-0.4, -0.2) is 35.1 Å². The first-order valence-electron chi connectivity index (χ1n) is 7.86. The molecule has 19 heavy (non-hydrogen) atoms. The maximum Gasteiger partial charge on any atom is 0.307 e. The maximum atomic E-state index is 11.2. The van der Waals surface area contributed by atoms with Crippen molar-refractivity contribution < 1.29 is 9.90 Å². The molecule has 2 aliphatic rings. The molecule has 0 amide bonds. The highest BCUT2D eigenvalue weighted by atomic mass is 16.4. The fourth-order valence-electron chi connectivity index (χ4n) is 4.07. The highest BCUT2D eigenvalue weighted by molar-refractivity contribution is 5.70. The first-order chi connectivity index (χ1) is 8.89. The van der Waals surface area contributed by atoms with Gasteiger partial charge in [0.1, 0.15) is 0 Å². The second-order valence-corrected chi connectivity index (χ2v) is 7.50. The molecule has 110 valence electrons. The summed E-state index contributed by atoms with van der Waals surface area (Å²) in [7, 11) is 0. The molecular weight excluding hydrogens is 238 g/mol. The van der Waals surface area contributed by atoms with Gasteiger partial charge in [0.25, 0.3) is 0 Å². The van der Waals surface area contributed by atoms with Gasteiger partial charge in [0, 0.05) is 12.6 Å². The number of likely N-dealkylation sites (tertiary alicyclic amines) is 1. The molecular formula is C16H29NO2. The molecule has 2 fully saturated rings. The quantitative estimate of drug-likeness (QED) is 0.833. The zero-order chi connectivity index (χ0) is 14.0. The first kappa shape index (κ1) is 14.8. The number of hydrogen-bond acceptors (Lipinski definition) is 2. The summed E-state index contributed by atoms with van der Waals surface area (Å²) in [5.41, 5.74) is 0.335. The zero-order valence-corrected chi connectivity index (χ0v) is 12.7. The molecule has 0 bridgehead atoms. The van der Waals surface area contributed by atoms with Crippen LogP contribution in [0.5, 0.6) is 0 Å². The first-order valence-corrected chi connectivity index (χ1v) is 7.86. The topological polar surface area (TPSA) is 40.5 Å². The standard InChI is InChI=1S/C16H29NO2/c1-16(2,3)13-8-4-5-9-14(13)17-10-6-7-12(11-17)15(18)19/h12-14H,4-11H2,1-3H3,(H,18,19). The molecule has 1 saturated heterocycles. The third kappa shape index (κ3) is 3.50. The summed E-state index contributed by atoms with van der Waals surface area (Å²) in [6, 6.07) is 0.607. The van der Waals surface area contributed by atoms with Crippen molar-refractivity contribution in [1.82, 2.24) is 4.90 Å². The Balaban J connectivity index is 2.07. The molecule has 0 spiro atoms. The second-order valence-electron chi connectivity index (χ2n) is 7.50. The van der Waals surface area contributed by atoms with Crippen LogP contribution in [0.2, 0.25) is 0 Å². The number of rotatable bonds is 2. The van der Waals surface area contributed by atoms with E-state index >= 15 is 0 Å². The fraction of sp³-hybridized carbons (Fsp3) is 0.938. The molecule has 1 aliphatic heterocycles. The average Bonchev–Trinajstić information content (AvgIpc) is 2.38. The van der Waals surface area contributed by atoms with Crippen LogP contribution in [-0.2, 0) is 4.79 Å². The molecule has 1 saturated carbocycles. The Kier molecular flexibility index (Phi) is 4.54. The van der Waals surface area contributed by atoms with Gasteiger partial charge < -0.3 is 5.11 Å². The Labute approximate surface area is 117 Å². The van der Waals surface area contributed by atoms with E-state index in [1.54, 1.807) is 0 Å². The Morgan fingerprint density at radius 2 is 1.79 bits per heavy atom. The van der Waals surface area contributed by atoms with Gasteiger partial charge in [0.05, 0.1) is 5.92 Å². The minimum Gasteiger partial charge on any atom is -0.481 e. The average molecular weight is 267 g/mol. The Morgan fingerprint density at radius 3 is 2.42 bits per heavy atom. The van der Waals surface area contributed by atoms with Crippen molar-refractivity contribution in [1.29, 1.82) is 0 Å². The Hall–Kier alpha value is -0.570. The van der Waals surface area contributed by atoms with Gasteiger partial charge in [-0.2, -0.15) is 0 Å². The van der Waals surface area contributed by atoms with Gasteiger partial charge in [-0.25, -0.2) is 0 Å². The van der Waals surface area contributed by atoms with Crippen molar-refractivity contribution in [2.45, 2.75) is 65.3 Å². The number of carbonyl (C=O) groups is 1. The van der Waals surface area contributed by atoms with Gasteiger partial charge in [0.2, 0.25) is 0 Å². The van der Waals surface area contributed by atoms with E-state index in [1.165, 1.54) is 25.7 Å². The number of carboxylic acid groups (broad SMARTS) is 1. The van der Waals surface area contributed by atoms with Gasteiger partial charge in [-0.1, -0.05) is 33.6 Å². The smallest absolute Gasteiger partial charge is 0.307 e. The summed E-state index contributed by atoms with van der Waals surface area (Å²) >= 11 is 0. The van der Waals surface area contributed by atoms with E-state index in [9.17, 15) is 9.90 Å². The van der Waals surface area contributed by atoms with Crippen molar-refractivity contribution in [3.63, 3.8) is 0 Å². The van der Waals surface area contributed by atoms with Crippen molar-refractivity contribution in [2.24, 2.45) is 17.3 Å². The van der Waals surface area contributed by atoms with Crippen LogP contribution in [0.15, 0.2) is 0 Å². The van der Waals surface area contributed by atoms with Crippen LogP contribution >= 0.6 is 0 Å². The second kappa shape index (κ2) is 5.82. The van der Waals surface area contributed by atoms with Crippen LogP contribution in [0.1, 0.15) is 59.3 Å². The molecule has 1 aliphatic carbocycles. The third-order valence-corrected chi connectivity index (χ3v) is 5.11. The van der Waals surface area contributed by atoms with E-state index in [-0.39, 0.29) is 5.92 Å². The lowest BCUT2D eigenvalue weighted by atomic mass is 9.68. The van der Waals surface area contributed by atoms with Crippen molar-refractivity contribution in [3.05, 3.63) is 0 Å². The minimum absolute atomic E-state index is 0.142. The summed E-state index contributed by atoms with van der Waals surface area (Å²) in [5, 5.41) is 9.25. The van der Waals surface area contributed by atoms with E-state index in [0.29, 0.717) is 17.4 Å². The van der Waals surface area contributed by atoms with Gasteiger partial charge in [0.15, 0.2) is 0 Å². The molecule has 3 atom stereocenters. The van der Waals surface area contributed by atoms with Crippen molar-refractivity contribution >= 4 is 5.97 Å². The molecule has 2 rings (SSSR count). The summed E-state index contributed by atoms with van der Waals surface area (Å²) < 4.78 is 0. The molecule has 3 nitrogen and oxygen atoms in total. The highest BCUT2D eigenvalue weighted by Crippen LogP contribution is 2.41. The van der Waals surface area contributed by atoms with Crippen LogP contribution in [0.25, 0.3) is 0 Å². The summed E-state index contributed by atoms with van der Waals surface area (Å²) in [6.07, 6.45) is 7.12. The Bertz CT molecular complexity index is 321. The number of nitrogens with zero attached hydrogens (tertiary/aromatic N) is 1. The molecule has 1 N–H and O–H groups in total. The predicted molar refractivity (Wildman–Crippen MR) is 77.1 cm³/mol. The van der Waals surface area contributed by atoms with Gasteiger partial charge in [-0.15, -0.1) is 0 Å². The number of hydrogen-bond donors (Lipinski definition) is 1. The molecule has 0 aromatic rings. The van der Waals surface area contributed by atoms with E-state index < -0.39 is 5.97 Å². The molecule has 0 aromatic heterocycles. The van der Waals surface area contributed by atoms with E-state index in [1.807, 2.05) is 0 Å². The molecule has 1 heterocycles. The fourth-order valence-corrected chi connectivity index (χ4v) is 4.07. The molecule has 0 aromatic carbocycles. The van der Waals surface area contributed by atoms with Gasteiger partial charge in [-0.05, 0) is 43.6 Å². The lowest BCUT2D eigenvalue weighted by Crippen LogP contribution is -2.51. The van der Waals surface area contributed by atoms with Gasteiger partial charge >= 0.3 is 5.97 Å². The predicted octanol–water partition coefficient (Wildman–Crippen LogP) is 3.39. The zero-order valence-electron chi connectivity index (χ0n) is 12.7. The normalized spacial score (nSPS) is 34.2. The number of aliphatic carboxylic acids is 1. The monoisotopic (exact) mass is 267 g/mol. The van der Waals surface area contributed by atoms with Crippen molar-refractivity contribution in [2.75, 3.05) is 13.1 Å². The van der Waals surface area contributed by atoms with Crippen LogP contribution in [0.4, 0.5) is 0 Å². The number of piperidine rings is 1. The maximum absolute atomic E-state index is 11.2. The lowest BCUT2D eigenvalue weighted by Gasteiger charge is -2.47. The summed E-state index contributed by atoms with van der Waals surface area (Å²) in [6.45, 7) is 8.89. The van der Waals surface area contributed by atoms with E-state index in [2.05, 4.69) is 25.7 Å². The molecule has 3 heteroatoms. The lowest BCUT2D eigenvalue weighted by molar-refractivity contribution is -0.144. The largest absolute Gasteiger partial charge is 0.481 e. The Morgan fingerprint density at radius 1 is 1.11 bits per heavy atom. The van der Waals surface area contributed by atoms with Gasteiger partial charge in [-0.3, -0.25) is 9.69 Å². The third-order valence-electron chi connectivity index (χ3n) is 5.11. The van der Waals surface area contributed by atoms with Crippen LogP contribution < -0.4 is 0 Å².